The lowest BCUT2D eigenvalue weighted by Crippen LogP contribution is -2.47. The van der Waals surface area contributed by atoms with Crippen LogP contribution in [-0.2, 0) is 60.3 Å². The lowest BCUT2D eigenvalue weighted by molar-refractivity contribution is -0.141. The summed E-state index contributed by atoms with van der Waals surface area (Å²) in [5, 5.41) is 36.5. The van der Waals surface area contributed by atoms with Crippen LogP contribution >= 0.6 is 35.2 Å². The van der Waals surface area contributed by atoms with Crippen LogP contribution in [0.3, 0.4) is 0 Å². The molecule has 0 spiro atoms. The second kappa shape index (κ2) is 21.0. The summed E-state index contributed by atoms with van der Waals surface area (Å²) >= 11 is 0.819. The van der Waals surface area contributed by atoms with E-state index in [9.17, 15) is 72.6 Å². The maximum atomic E-state index is 13.0. The fourth-order valence-electron chi connectivity index (χ4n) is 7.94. The van der Waals surface area contributed by atoms with E-state index in [1.54, 1.807) is 0 Å². The van der Waals surface area contributed by atoms with Crippen molar-refractivity contribution in [3.8, 4) is 0 Å². The summed E-state index contributed by atoms with van der Waals surface area (Å²) in [6, 6.07) is 0. The summed E-state index contributed by atoms with van der Waals surface area (Å²) < 4.78 is 62.3. The zero-order valence-corrected chi connectivity index (χ0v) is 38.6. The van der Waals surface area contributed by atoms with Crippen molar-refractivity contribution in [3.63, 3.8) is 0 Å². The van der Waals surface area contributed by atoms with Crippen LogP contribution in [0, 0.1) is 22.7 Å². The van der Waals surface area contributed by atoms with Crippen LogP contribution in [0.25, 0.3) is 11.2 Å². The van der Waals surface area contributed by atoms with Gasteiger partial charge in [0.25, 0.3) is 0 Å². The molecule has 3 heterocycles. The van der Waals surface area contributed by atoms with Crippen LogP contribution in [0.1, 0.15) is 65.5 Å². The highest BCUT2D eigenvalue weighted by Crippen LogP contribution is 2.61. The number of carbonyl (C=O) groups is 5. The highest BCUT2D eigenvalue weighted by atomic mass is 32.2. The van der Waals surface area contributed by atoms with E-state index in [2.05, 4.69) is 34.4 Å². The van der Waals surface area contributed by atoms with Gasteiger partial charge in [-0.1, -0.05) is 32.5 Å². The lowest BCUT2D eigenvalue weighted by Gasteiger charge is -2.42. The van der Waals surface area contributed by atoms with E-state index in [1.165, 1.54) is 13.8 Å². The van der Waals surface area contributed by atoms with Gasteiger partial charge in [0.1, 0.15) is 47.8 Å². The van der Waals surface area contributed by atoms with Crippen molar-refractivity contribution in [2.75, 3.05) is 37.8 Å². The van der Waals surface area contributed by atoms with Crippen molar-refractivity contribution in [2.45, 2.75) is 96.0 Å². The quantitative estimate of drug-likeness (QED) is 0.0399. The molecule has 31 heteroatoms. The summed E-state index contributed by atoms with van der Waals surface area (Å²) in [6.07, 6.45) is -6.91. The van der Waals surface area contributed by atoms with E-state index in [4.69, 9.17) is 19.5 Å². The van der Waals surface area contributed by atoms with Crippen LogP contribution in [0.5, 0.6) is 0 Å². The van der Waals surface area contributed by atoms with Gasteiger partial charge in [-0.05, 0) is 25.2 Å². The maximum absolute atomic E-state index is 13.0. The van der Waals surface area contributed by atoms with Gasteiger partial charge in [0.2, 0.25) is 11.8 Å². The van der Waals surface area contributed by atoms with Gasteiger partial charge in [-0.3, -0.25) is 42.1 Å². The number of hydrogen-bond donors (Lipinski definition) is 10. The Morgan fingerprint density at radius 1 is 1.05 bits per heavy atom. The van der Waals surface area contributed by atoms with Gasteiger partial charge in [-0.25, -0.2) is 28.6 Å². The largest absolute Gasteiger partial charge is 0.481 e. The summed E-state index contributed by atoms with van der Waals surface area (Å²) in [4.78, 5) is 114. The van der Waals surface area contributed by atoms with Crippen molar-refractivity contribution in [3.05, 3.63) is 12.7 Å². The summed E-state index contributed by atoms with van der Waals surface area (Å²) in [6.45, 7) is 1.93. The third-order valence-electron chi connectivity index (χ3n) is 11.4. The molecule has 11 N–H and O–H groups in total. The summed E-state index contributed by atoms with van der Waals surface area (Å²) in [5.74, 6) is -2.96. The number of aromatic nitrogens is 4. The fourth-order valence-corrected chi connectivity index (χ4v) is 11.4. The molecule has 2 aromatic heterocycles. The molecule has 65 heavy (non-hydrogen) atoms. The number of aliphatic hydroxyl groups is 3. The third-order valence-corrected chi connectivity index (χ3v) is 15.4. The molecule has 2 saturated carbocycles. The van der Waals surface area contributed by atoms with Gasteiger partial charge >= 0.3 is 23.5 Å². The number of nitrogens with one attached hydrogen (secondary N) is 2. The van der Waals surface area contributed by atoms with Gasteiger partial charge in [0.15, 0.2) is 22.8 Å². The molecule has 2 aromatic rings. The second-order valence-corrected chi connectivity index (χ2v) is 21.9. The number of hydrogen-bond acceptors (Lipinski definition) is 21. The van der Waals surface area contributed by atoms with Crippen molar-refractivity contribution in [1.82, 2.24) is 30.2 Å². The monoisotopic (exact) mass is 1000 g/mol. The number of ether oxygens (including phenoxy) is 1. The molecule has 3 fully saturated rings. The minimum absolute atomic E-state index is 0.0160. The number of thioether (sulfide) groups is 1. The number of imidazole rings is 1. The predicted molar refractivity (Wildman–Crippen MR) is 221 cm³/mol. The van der Waals surface area contributed by atoms with Crippen LogP contribution in [-0.4, -0.2) is 145 Å². The smallest absolute Gasteiger partial charge is 0.392 e. The van der Waals surface area contributed by atoms with E-state index in [1.807, 2.05) is 6.92 Å². The summed E-state index contributed by atoms with van der Waals surface area (Å²) in [5.41, 5.74) is 3.51. The number of amides is 2. The first-order valence-electron chi connectivity index (χ1n) is 19.9. The topological polar surface area (TPSA) is 418 Å². The molecule has 11 atom stereocenters. The minimum Gasteiger partial charge on any atom is -0.392 e. The molecule has 364 valence electrons. The van der Waals surface area contributed by atoms with E-state index < -0.39 is 119 Å². The van der Waals surface area contributed by atoms with Crippen molar-refractivity contribution >= 4 is 80.7 Å². The normalized spacial score (nSPS) is 28.3. The van der Waals surface area contributed by atoms with Gasteiger partial charge in [-0.15, -0.1) is 0 Å². The van der Waals surface area contributed by atoms with E-state index in [-0.39, 0.29) is 53.9 Å². The molecule has 1 saturated heterocycles. The van der Waals surface area contributed by atoms with Crippen LogP contribution in [0.2, 0.25) is 0 Å². The van der Waals surface area contributed by atoms with Crippen LogP contribution < -0.4 is 16.4 Å². The Kier molecular flexibility index (Phi) is 17.1. The number of nitrogens with zero attached hydrogens (tertiary/aromatic N) is 4. The number of phosphoric ester groups is 3. The average Bonchev–Trinajstić information content (AvgIpc) is 3.86. The van der Waals surface area contributed by atoms with Gasteiger partial charge in [0.05, 0.1) is 32.1 Å². The highest BCUT2D eigenvalue weighted by Gasteiger charge is 2.55. The maximum Gasteiger partial charge on any atom is 0.481 e. The Hall–Kier alpha value is -3.14. The van der Waals surface area contributed by atoms with Crippen LogP contribution in [0.15, 0.2) is 12.7 Å². The molecule has 2 aliphatic carbocycles. The number of rotatable bonds is 22. The molecule has 0 radical (unpaired) electrons. The number of carbonyl (C=O) groups excluding carboxylic acids is 5. The summed E-state index contributed by atoms with van der Waals surface area (Å²) in [7, 11) is -16.5. The zero-order chi connectivity index (χ0) is 48.3. The number of aliphatic hydroxyl groups excluding tert-OH is 3. The van der Waals surface area contributed by atoms with E-state index >= 15 is 0 Å². The number of phosphoric acid groups is 3. The third kappa shape index (κ3) is 13.3. The fraction of sp³-hybridized carbons (Fsp3) is 0.706. The van der Waals surface area contributed by atoms with Gasteiger partial charge in [-0.2, -0.15) is 4.31 Å². The molecule has 0 bridgehead atoms. The minimum atomic E-state index is -5.61. The highest BCUT2D eigenvalue weighted by molar-refractivity contribution is 8.13. The van der Waals surface area contributed by atoms with Crippen molar-refractivity contribution in [1.29, 1.82) is 0 Å². The molecular weight excluding hydrogens is 951 g/mol. The lowest BCUT2D eigenvalue weighted by atomic mass is 9.61. The molecule has 3 aliphatic rings. The van der Waals surface area contributed by atoms with E-state index in [0.29, 0.717) is 25.7 Å². The molecule has 5 rings (SSSR count). The van der Waals surface area contributed by atoms with Gasteiger partial charge in [0, 0.05) is 48.4 Å². The number of nitrogens with two attached hydrogens (primary N) is 1. The first-order valence-corrected chi connectivity index (χ1v) is 25.4. The number of fused-ring (bicyclic) bond motifs is 2. The molecule has 1 aliphatic heterocycles. The molecular formula is C34H52N7O20P3S. The number of nitrogen functional groups attached to an aromatic ring is 1. The molecule has 2 amide bonds. The van der Waals surface area contributed by atoms with Crippen LogP contribution in [0.4, 0.5) is 5.82 Å². The Morgan fingerprint density at radius 2 is 1.74 bits per heavy atom. The molecule has 27 nitrogen and oxygen atoms in total. The number of Topliss-reactive ketones (excluding diaryl/α,β-unsaturated/α-hetero) is 2. The van der Waals surface area contributed by atoms with Gasteiger partial charge < -0.3 is 56.0 Å². The Labute approximate surface area is 374 Å². The Bertz CT molecular complexity index is 2270. The predicted octanol–water partition coefficient (Wildman–Crippen LogP) is -0.620. The number of ketones is 2. The molecule has 2 unspecified atom stereocenters. The second-order valence-electron chi connectivity index (χ2n) is 16.6. The average molecular weight is 1000 g/mol. The van der Waals surface area contributed by atoms with E-state index in [0.717, 1.165) is 29.0 Å². The Balaban J connectivity index is 1.01. The number of anilines is 1. The van der Waals surface area contributed by atoms with Crippen molar-refractivity contribution in [2.24, 2.45) is 22.7 Å². The molecule has 0 aromatic carbocycles. The zero-order valence-electron chi connectivity index (χ0n) is 35.1. The first-order chi connectivity index (χ1) is 30.1. The van der Waals surface area contributed by atoms with Crippen molar-refractivity contribution < 1.29 is 95.2 Å². The Morgan fingerprint density at radius 3 is 2.43 bits per heavy atom. The standard InChI is InChI=1S/C34H52N7O20P3S/c1-33(2,28(48)31(49)37-9-7-22(45)36-10-11-65-23(46)12-19(43)24-17-4-5-21(44)34(17,3)8-6-18(24)42)14-58-64(55,56)61-63(53,54)57-13-20-27(60-62(50,51)52)26(47)32(59-20)41-16-40-25-29(35)38-15-39-30(25)41/h15-18,20,24,26-28,32,42,47-48H,4-14H2,1-3H3,(H,36,45)(H,37,49)(H,53,54)(H,55,56)(H2,35,38,39)(H2,50,51,52)/t17-,18+,20+,24-,26+,27+,28-,32+,34-/m0/s1. The SMILES string of the molecule is CC(C)(COP(=O)(O)OP(=O)(O)OC[C@H]1O[C@@H](n2cnc3c(N)ncnc32)[C@H](O)[C@@H]1OP(=O)(O)O)[C@@H](O)C(=O)NCCC(=O)NCCSC(=O)CC(=O)[C@@H]1[C@H](O)CC[C@]2(C)C(=O)CC[C@@H]12. The first kappa shape index (κ1) is 52.8.